The highest BCUT2D eigenvalue weighted by Crippen LogP contribution is 2.31. The van der Waals surface area contributed by atoms with Gasteiger partial charge in [0.1, 0.15) is 18.7 Å². The number of hydrogen-bond donors (Lipinski definition) is 2. The van der Waals surface area contributed by atoms with Crippen LogP contribution in [0.25, 0.3) is 0 Å². The molecule has 0 spiro atoms. The average Bonchev–Trinajstić information content (AvgIpc) is 2.59. The minimum Gasteiger partial charge on any atom is -0.493 e. The minimum absolute atomic E-state index is 0.122. The molecule has 0 saturated carbocycles. The van der Waals surface area contributed by atoms with E-state index in [0.717, 1.165) is 29.2 Å². The molecule has 3 N–H and O–H groups in total. The predicted octanol–water partition coefficient (Wildman–Crippen LogP) is 2.11. The summed E-state index contributed by atoms with van der Waals surface area (Å²) in [7, 11) is 1.65. The molecule has 0 amide bonds. The lowest BCUT2D eigenvalue weighted by Gasteiger charge is -2.21. The lowest BCUT2D eigenvalue weighted by atomic mass is 10.1. The van der Waals surface area contributed by atoms with Gasteiger partial charge in [0.2, 0.25) is 0 Å². The van der Waals surface area contributed by atoms with Crippen molar-refractivity contribution in [2.75, 3.05) is 13.7 Å². The highest BCUT2D eigenvalue weighted by Gasteiger charge is 2.21. The average molecular weight is 316 g/mol. The fourth-order valence-electron chi connectivity index (χ4n) is 2.23. The lowest BCUT2D eigenvalue weighted by Crippen LogP contribution is -2.95. The van der Waals surface area contributed by atoms with Crippen LogP contribution in [-0.2, 0) is 13.2 Å². The predicted molar refractivity (Wildman–Crippen MR) is 90.6 cm³/mol. The first kappa shape index (κ1) is 17.3. The van der Waals surface area contributed by atoms with E-state index in [4.69, 9.17) is 9.47 Å². The summed E-state index contributed by atoms with van der Waals surface area (Å²) in [6, 6.07) is 16.0. The van der Waals surface area contributed by atoms with Crippen LogP contribution in [0.2, 0.25) is 0 Å². The maximum Gasteiger partial charge on any atom is 0.170 e. The zero-order chi connectivity index (χ0) is 16.7. The quantitative estimate of drug-likeness (QED) is 0.784. The minimum atomic E-state index is -0.222. The second-order valence-corrected chi connectivity index (χ2v) is 6.28. The number of rotatable bonds is 8. The van der Waals surface area contributed by atoms with Crippen LogP contribution in [0.3, 0.4) is 0 Å². The monoisotopic (exact) mass is 316 g/mol. The molecule has 0 radical (unpaired) electrons. The van der Waals surface area contributed by atoms with Gasteiger partial charge in [0, 0.05) is 0 Å². The third-order valence-corrected chi connectivity index (χ3v) is 3.79. The van der Waals surface area contributed by atoms with E-state index >= 15 is 0 Å². The van der Waals surface area contributed by atoms with E-state index in [1.807, 2.05) is 62.4 Å². The molecule has 2 aromatic rings. The molecule has 2 aromatic carbocycles. The van der Waals surface area contributed by atoms with Gasteiger partial charge >= 0.3 is 0 Å². The van der Waals surface area contributed by atoms with Gasteiger partial charge < -0.3 is 19.9 Å². The van der Waals surface area contributed by atoms with Crippen molar-refractivity contribution in [3.05, 3.63) is 59.7 Å². The molecule has 0 unspecified atom stereocenters. The Morgan fingerprint density at radius 2 is 1.78 bits per heavy atom. The van der Waals surface area contributed by atoms with Crippen molar-refractivity contribution in [2.24, 2.45) is 0 Å². The molecule has 23 heavy (non-hydrogen) atoms. The third kappa shape index (κ3) is 4.98. The van der Waals surface area contributed by atoms with Gasteiger partial charge in [-0.3, -0.25) is 0 Å². The molecule has 0 aliphatic carbocycles. The molecule has 0 aromatic heterocycles. The van der Waals surface area contributed by atoms with Crippen molar-refractivity contribution in [1.82, 2.24) is 0 Å². The Balaban J connectivity index is 2.15. The number of nitrogens with two attached hydrogens (primary N) is 1. The Kier molecular flexibility index (Phi) is 6.02. The fraction of sp³-hybridized carbons (Fsp3) is 0.368. The molecule has 0 aliphatic heterocycles. The molecule has 124 valence electrons. The van der Waals surface area contributed by atoms with Gasteiger partial charge in [-0.1, -0.05) is 36.4 Å². The number of hydrogen-bond acceptors (Lipinski definition) is 3. The number of benzene rings is 2. The van der Waals surface area contributed by atoms with E-state index in [9.17, 15) is 5.11 Å². The van der Waals surface area contributed by atoms with Crippen LogP contribution in [0, 0.1) is 0 Å². The van der Waals surface area contributed by atoms with Gasteiger partial charge in [0.25, 0.3) is 0 Å². The summed E-state index contributed by atoms with van der Waals surface area (Å²) in [5.74, 6) is 1.50. The van der Waals surface area contributed by atoms with Crippen LogP contribution in [-0.4, -0.2) is 24.4 Å². The first-order valence-corrected chi connectivity index (χ1v) is 7.83. The molecular formula is C19H26NO3+. The number of aliphatic hydroxyl groups is 1. The van der Waals surface area contributed by atoms with Crippen molar-refractivity contribution >= 4 is 0 Å². The van der Waals surface area contributed by atoms with Gasteiger partial charge in [0.15, 0.2) is 11.5 Å². The second-order valence-electron chi connectivity index (χ2n) is 6.28. The van der Waals surface area contributed by atoms with Gasteiger partial charge in [-0.15, -0.1) is 0 Å². The van der Waals surface area contributed by atoms with Gasteiger partial charge in [-0.2, -0.15) is 0 Å². The zero-order valence-electron chi connectivity index (χ0n) is 14.1. The van der Waals surface area contributed by atoms with E-state index in [2.05, 4.69) is 5.32 Å². The van der Waals surface area contributed by atoms with Crippen LogP contribution < -0.4 is 14.8 Å². The molecule has 4 heteroatoms. The summed E-state index contributed by atoms with van der Waals surface area (Å²) in [5, 5.41) is 11.5. The Labute approximate surface area is 138 Å². The van der Waals surface area contributed by atoms with Crippen LogP contribution in [0.1, 0.15) is 25.0 Å². The number of methoxy groups -OCH3 is 1. The zero-order valence-corrected chi connectivity index (χ0v) is 14.1. The van der Waals surface area contributed by atoms with Crippen LogP contribution in [0.5, 0.6) is 11.5 Å². The topological polar surface area (TPSA) is 55.3 Å². The first-order chi connectivity index (χ1) is 11.1. The maximum atomic E-state index is 9.41. The Morgan fingerprint density at radius 3 is 2.43 bits per heavy atom. The highest BCUT2D eigenvalue weighted by molar-refractivity contribution is 5.46. The van der Waals surface area contributed by atoms with Crippen molar-refractivity contribution in [3.8, 4) is 11.5 Å². The van der Waals surface area contributed by atoms with E-state index in [1.54, 1.807) is 7.11 Å². The van der Waals surface area contributed by atoms with Gasteiger partial charge in [-0.05, 0) is 31.5 Å². The Morgan fingerprint density at radius 1 is 1.04 bits per heavy atom. The van der Waals surface area contributed by atoms with E-state index in [1.165, 1.54) is 0 Å². The Hall–Kier alpha value is -2.04. The van der Waals surface area contributed by atoms with E-state index in [-0.39, 0.29) is 12.1 Å². The second kappa shape index (κ2) is 7.99. The summed E-state index contributed by atoms with van der Waals surface area (Å²) in [4.78, 5) is 0. The fourth-order valence-corrected chi connectivity index (χ4v) is 2.23. The summed E-state index contributed by atoms with van der Waals surface area (Å²) in [6.07, 6.45) is 0. The number of aliphatic hydroxyl groups excluding tert-OH is 1. The van der Waals surface area contributed by atoms with E-state index in [0.29, 0.717) is 6.61 Å². The molecular weight excluding hydrogens is 290 g/mol. The van der Waals surface area contributed by atoms with Crippen molar-refractivity contribution in [2.45, 2.75) is 32.5 Å². The van der Waals surface area contributed by atoms with Crippen molar-refractivity contribution in [3.63, 3.8) is 0 Å². The number of para-hydroxylation sites is 1. The molecule has 0 bridgehead atoms. The largest absolute Gasteiger partial charge is 0.493 e. The highest BCUT2D eigenvalue weighted by atomic mass is 16.5. The molecule has 0 fully saturated rings. The van der Waals surface area contributed by atoms with Gasteiger partial charge in [0.05, 0.1) is 19.3 Å². The van der Waals surface area contributed by atoms with Gasteiger partial charge in [-0.25, -0.2) is 0 Å². The smallest absolute Gasteiger partial charge is 0.170 e. The first-order valence-electron chi connectivity index (χ1n) is 7.83. The van der Waals surface area contributed by atoms with Crippen LogP contribution in [0.4, 0.5) is 0 Å². The van der Waals surface area contributed by atoms with Crippen LogP contribution >= 0.6 is 0 Å². The summed E-state index contributed by atoms with van der Waals surface area (Å²) >= 11 is 0. The van der Waals surface area contributed by atoms with Crippen molar-refractivity contribution < 1.29 is 19.9 Å². The normalized spacial score (nSPS) is 11.3. The molecule has 0 heterocycles. The molecule has 0 aliphatic rings. The summed E-state index contributed by atoms with van der Waals surface area (Å²) in [5.41, 5.74) is 1.95. The molecule has 4 nitrogen and oxygen atoms in total. The maximum absolute atomic E-state index is 9.41. The standard InChI is InChI=1S/C19H25NO3/c1-19(2,14-21)20-12-16-10-7-11-17(22-3)18(16)23-13-15-8-5-4-6-9-15/h4-11,20-21H,12-14H2,1-3H3/p+1. The van der Waals surface area contributed by atoms with Crippen LogP contribution in [0.15, 0.2) is 48.5 Å². The number of quaternary nitrogens is 1. The number of ether oxygens (including phenoxy) is 2. The van der Waals surface area contributed by atoms with Crippen molar-refractivity contribution in [1.29, 1.82) is 0 Å². The van der Waals surface area contributed by atoms with E-state index < -0.39 is 0 Å². The summed E-state index contributed by atoms with van der Waals surface area (Å²) < 4.78 is 11.5. The third-order valence-electron chi connectivity index (χ3n) is 3.79. The Bertz CT molecular complexity index is 611. The lowest BCUT2D eigenvalue weighted by molar-refractivity contribution is -0.736. The molecule has 0 saturated heterocycles. The SMILES string of the molecule is COc1cccc(C[NH2+]C(C)(C)CO)c1OCc1ccccc1. The molecule has 2 rings (SSSR count). The molecule has 0 atom stereocenters. The summed E-state index contributed by atoms with van der Waals surface area (Å²) in [6.45, 7) is 5.36.